The second-order valence-electron chi connectivity index (χ2n) is 3.61. The number of benzene rings is 1. The molecule has 1 heterocycles. The molecular formula is C12H11BrN2O2. The Labute approximate surface area is 107 Å². The van der Waals surface area contributed by atoms with E-state index in [0.29, 0.717) is 24.4 Å². The summed E-state index contributed by atoms with van der Waals surface area (Å²) in [7, 11) is 0. The number of nitrogens with one attached hydrogen (secondary N) is 2. The van der Waals surface area contributed by atoms with Crippen LogP contribution in [0.1, 0.15) is 10.4 Å². The summed E-state index contributed by atoms with van der Waals surface area (Å²) in [5.74, 6) is -0.418. The standard InChI is InChI=1S/C12H11BrN2O2/c13-9-3-1-8(2-4-9)11(16)7-10-12(17)15-6-5-14-10/h1-4,7,14H,5-6H2,(H,15,17). The van der Waals surface area contributed by atoms with Gasteiger partial charge in [0.25, 0.3) is 5.91 Å². The zero-order chi connectivity index (χ0) is 12.3. The first-order chi connectivity index (χ1) is 8.16. The van der Waals surface area contributed by atoms with Crippen molar-refractivity contribution in [3.8, 4) is 0 Å². The minimum absolute atomic E-state index is 0.183. The summed E-state index contributed by atoms with van der Waals surface area (Å²) in [6.07, 6.45) is 1.33. The van der Waals surface area contributed by atoms with Crippen molar-refractivity contribution >= 4 is 27.6 Å². The lowest BCUT2D eigenvalue weighted by Crippen LogP contribution is -2.43. The van der Waals surface area contributed by atoms with Crippen molar-refractivity contribution in [1.29, 1.82) is 0 Å². The Kier molecular flexibility index (Phi) is 3.58. The average Bonchev–Trinajstić information content (AvgIpc) is 2.33. The van der Waals surface area contributed by atoms with Crippen molar-refractivity contribution in [3.05, 3.63) is 46.1 Å². The molecule has 1 aliphatic heterocycles. The Morgan fingerprint density at radius 2 is 1.82 bits per heavy atom. The van der Waals surface area contributed by atoms with E-state index in [2.05, 4.69) is 26.6 Å². The maximum absolute atomic E-state index is 11.9. The molecule has 1 amide bonds. The number of ketones is 1. The molecular weight excluding hydrogens is 284 g/mol. The lowest BCUT2D eigenvalue weighted by molar-refractivity contribution is -0.118. The SMILES string of the molecule is O=C1NCCNC1=CC(=O)c1ccc(Br)cc1. The molecule has 0 unspecified atom stereocenters. The average molecular weight is 295 g/mol. The number of halogens is 1. The van der Waals surface area contributed by atoms with Gasteiger partial charge in [-0.05, 0) is 24.3 Å². The molecule has 0 aromatic heterocycles. The highest BCUT2D eigenvalue weighted by Gasteiger charge is 2.15. The van der Waals surface area contributed by atoms with Gasteiger partial charge in [0.2, 0.25) is 0 Å². The fourth-order valence-electron chi connectivity index (χ4n) is 1.49. The van der Waals surface area contributed by atoms with Gasteiger partial charge in [0.15, 0.2) is 5.78 Å². The van der Waals surface area contributed by atoms with Crippen LogP contribution in [-0.2, 0) is 4.79 Å². The quantitative estimate of drug-likeness (QED) is 0.637. The topological polar surface area (TPSA) is 58.2 Å². The zero-order valence-corrected chi connectivity index (χ0v) is 10.6. The van der Waals surface area contributed by atoms with E-state index in [-0.39, 0.29) is 11.7 Å². The van der Waals surface area contributed by atoms with E-state index in [1.165, 1.54) is 6.08 Å². The number of allylic oxidation sites excluding steroid dienone is 1. The number of piperazine rings is 1. The number of hydrogen-bond donors (Lipinski definition) is 2. The molecule has 1 aromatic rings. The molecule has 0 bridgehead atoms. The van der Waals surface area contributed by atoms with Gasteiger partial charge in [-0.15, -0.1) is 0 Å². The van der Waals surface area contributed by atoms with Gasteiger partial charge in [-0.2, -0.15) is 0 Å². The summed E-state index contributed by atoms with van der Waals surface area (Å²) >= 11 is 3.30. The molecule has 1 aromatic carbocycles. The second-order valence-corrected chi connectivity index (χ2v) is 4.53. The van der Waals surface area contributed by atoms with Crippen LogP contribution in [0, 0.1) is 0 Å². The number of carbonyl (C=O) groups excluding carboxylic acids is 2. The van der Waals surface area contributed by atoms with Crippen molar-refractivity contribution in [2.45, 2.75) is 0 Å². The largest absolute Gasteiger partial charge is 0.379 e. The van der Waals surface area contributed by atoms with Gasteiger partial charge in [-0.25, -0.2) is 0 Å². The Morgan fingerprint density at radius 3 is 2.47 bits per heavy atom. The number of rotatable bonds is 2. The van der Waals surface area contributed by atoms with Crippen LogP contribution in [0.25, 0.3) is 0 Å². The smallest absolute Gasteiger partial charge is 0.267 e. The highest BCUT2D eigenvalue weighted by molar-refractivity contribution is 9.10. The monoisotopic (exact) mass is 294 g/mol. The van der Waals surface area contributed by atoms with Gasteiger partial charge < -0.3 is 10.6 Å². The Morgan fingerprint density at radius 1 is 1.18 bits per heavy atom. The summed E-state index contributed by atoms with van der Waals surface area (Å²) in [6.45, 7) is 1.23. The molecule has 1 fully saturated rings. The van der Waals surface area contributed by atoms with Crippen molar-refractivity contribution in [1.82, 2.24) is 10.6 Å². The maximum atomic E-state index is 11.9. The van der Waals surface area contributed by atoms with Crippen LogP contribution in [0.4, 0.5) is 0 Å². The minimum atomic E-state index is -0.235. The van der Waals surface area contributed by atoms with Gasteiger partial charge >= 0.3 is 0 Å². The van der Waals surface area contributed by atoms with Gasteiger partial charge in [0.05, 0.1) is 0 Å². The molecule has 0 spiro atoms. The predicted molar refractivity (Wildman–Crippen MR) is 67.6 cm³/mol. The third-order valence-electron chi connectivity index (χ3n) is 2.37. The van der Waals surface area contributed by atoms with Crippen LogP contribution in [-0.4, -0.2) is 24.8 Å². The van der Waals surface area contributed by atoms with E-state index in [1.54, 1.807) is 24.3 Å². The summed E-state index contributed by atoms with van der Waals surface area (Å²) in [4.78, 5) is 23.3. The van der Waals surface area contributed by atoms with Crippen LogP contribution in [0.2, 0.25) is 0 Å². The van der Waals surface area contributed by atoms with E-state index in [1.807, 2.05) is 0 Å². The molecule has 0 saturated carbocycles. The van der Waals surface area contributed by atoms with Crippen molar-refractivity contribution in [2.75, 3.05) is 13.1 Å². The van der Waals surface area contributed by atoms with E-state index in [0.717, 1.165) is 4.47 Å². The third kappa shape index (κ3) is 2.94. The highest BCUT2D eigenvalue weighted by Crippen LogP contribution is 2.11. The lowest BCUT2D eigenvalue weighted by atomic mass is 10.1. The Bertz CT molecular complexity index is 480. The Hall–Kier alpha value is -1.62. The predicted octanol–water partition coefficient (Wildman–Crippen LogP) is 1.24. The molecule has 1 aliphatic rings. The first-order valence-electron chi connectivity index (χ1n) is 5.20. The normalized spacial score (nSPS) is 17.5. The summed E-state index contributed by atoms with van der Waals surface area (Å²) in [5, 5.41) is 5.57. The van der Waals surface area contributed by atoms with Crippen LogP contribution >= 0.6 is 15.9 Å². The molecule has 0 radical (unpaired) electrons. The van der Waals surface area contributed by atoms with E-state index in [4.69, 9.17) is 0 Å². The van der Waals surface area contributed by atoms with E-state index < -0.39 is 0 Å². The van der Waals surface area contributed by atoms with Crippen LogP contribution in [0.5, 0.6) is 0 Å². The highest BCUT2D eigenvalue weighted by atomic mass is 79.9. The second kappa shape index (κ2) is 5.14. The number of hydrogen-bond acceptors (Lipinski definition) is 3. The maximum Gasteiger partial charge on any atom is 0.267 e. The molecule has 1 saturated heterocycles. The van der Waals surface area contributed by atoms with Crippen molar-refractivity contribution < 1.29 is 9.59 Å². The van der Waals surface area contributed by atoms with Crippen molar-refractivity contribution in [3.63, 3.8) is 0 Å². The summed E-state index contributed by atoms with van der Waals surface area (Å²) < 4.78 is 0.912. The van der Waals surface area contributed by atoms with Crippen LogP contribution < -0.4 is 10.6 Å². The fraction of sp³-hybridized carbons (Fsp3) is 0.167. The summed E-state index contributed by atoms with van der Waals surface area (Å²) in [6, 6.07) is 7.01. The molecule has 17 heavy (non-hydrogen) atoms. The molecule has 88 valence electrons. The van der Waals surface area contributed by atoms with Crippen LogP contribution in [0.3, 0.4) is 0 Å². The number of amides is 1. The minimum Gasteiger partial charge on any atom is -0.379 e. The van der Waals surface area contributed by atoms with E-state index in [9.17, 15) is 9.59 Å². The lowest BCUT2D eigenvalue weighted by Gasteiger charge is -2.16. The van der Waals surface area contributed by atoms with Crippen LogP contribution in [0.15, 0.2) is 40.5 Å². The molecule has 0 aliphatic carbocycles. The first-order valence-corrected chi connectivity index (χ1v) is 6.00. The first kappa shape index (κ1) is 11.9. The molecule has 2 rings (SSSR count). The molecule has 4 nitrogen and oxygen atoms in total. The van der Waals surface area contributed by atoms with E-state index >= 15 is 0 Å². The Balaban J connectivity index is 2.17. The molecule has 2 N–H and O–H groups in total. The summed E-state index contributed by atoms with van der Waals surface area (Å²) in [5.41, 5.74) is 0.880. The molecule has 0 atom stereocenters. The fourth-order valence-corrected chi connectivity index (χ4v) is 1.76. The van der Waals surface area contributed by atoms with Gasteiger partial charge in [0.1, 0.15) is 5.70 Å². The van der Waals surface area contributed by atoms with Gasteiger partial charge in [-0.1, -0.05) is 15.9 Å². The zero-order valence-electron chi connectivity index (χ0n) is 9.00. The van der Waals surface area contributed by atoms with Gasteiger partial charge in [0, 0.05) is 29.2 Å². The number of carbonyl (C=O) groups is 2. The van der Waals surface area contributed by atoms with Crippen molar-refractivity contribution in [2.24, 2.45) is 0 Å². The van der Waals surface area contributed by atoms with Gasteiger partial charge in [-0.3, -0.25) is 9.59 Å². The third-order valence-corrected chi connectivity index (χ3v) is 2.90. The molecule has 5 heteroatoms.